The maximum Gasteiger partial charge on any atom is 0.333 e. The standard InChI is InChI=1S/C7H12O4/c1-4-2-5(3-8)11-6(4)7(9)10/h4-6,8H,2-3H2,1H3,(H,9,10). The zero-order valence-corrected chi connectivity index (χ0v) is 6.36. The van der Waals surface area contributed by atoms with Crippen LogP contribution in [0.4, 0.5) is 0 Å². The quantitative estimate of drug-likeness (QED) is 0.590. The average Bonchev–Trinajstić information content (AvgIpc) is 2.30. The molecule has 1 rings (SSSR count). The number of ether oxygens (including phenoxy) is 1. The van der Waals surface area contributed by atoms with Crippen LogP contribution in [0.5, 0.6) is 0 Å². The van der Waals surface area contributed by atoms with Crippen LogP contribution in [-0.2, 0) is 9.53 Å². The van der Waals surface area contributed by atoms with Gasteiger partial charge < -0.3 is 14.9 Å². The van der Waals surface area contributed by atoms with Crippen LogP contribution in [0.25, 0.3) is 0 Å². The van der Waals surface area contributed by atoms with Crippen LogP contribution in [0.3, 0.4) is 0 Å². The van der Waals surface area contributed by atoms with Gasteiger partial charge in [0.2, 0.25) is 0 Å². The van der Waals surface area contributed by atoms with Crippen molar-refractivity contribution in [2.45, 2.75) is 25.6 Å². The van der Waals surface area contributed by atoms with E-state index in [2.05, 4.69) is 0 Å². The highest BCUT2D eigenvalue weighted by Gasteiger charge is 2.36. The number of carboxylic acids is 1. The molecule has 0 amide bonds. The van der Waals surface area contributed by atoms with E-state index in [9.17, 15) is 4.79 Å². The third-order valence-electron chi connectivity index (χ3n) is 1.94. The minimum atomic E-state index is -0.937. The molecule has 0 aromatic rings. The molecular formula is C7H12O4. The van der Waals surface area contributed by atoms with Crippen LogP contribution < -0.4 is 0 Å². The van der Waals surface area contributed by atoms with Crippen molar-refractivity contribution in [2.24, 2.45) is 5.92 Å². The molecule has 0 aromatic carbocycles. The maximum atomic E-state index is 10.5. The molecule has 1 fully saturated rings. The summed E-state index contributed by atoms with van der Waals surface area (Å²) in [5.41, 5.74) is 0. The molecule has 4 heteroatoms. The normalized spacial score (nSPS) is 37.5. The van der Waals surface area contributed by atoms with Gasteiger partial charge in [-0.05, 0) is 12.3 Å². The Morgan fingerprint density at radius 2 is 2.36 bits per heavy atom. The molecule has 0 bridgehead atoms. The van der Waals surface area contributed by atoms with Crippen molar-refractivity contribution in [3.63, 3.8) is 0 Å². The van der Waals surface area contributed by atoms with E-state index < -0.39 is 12.1 Å². The Morgan fingerprint density at radius 3 is 2.64 bits per heavy atom. The smallest absolute Gasteiger partial charge is 0.333 e. The Bertz CT molecular complexity index is 157. The SMILES string of the molecule is CC1CC(CO)OC1C(=O)O. The summed E-state index contributed by atoms with van der Waals surface area (Å²) in [6, 6.07) is 0. The van der Waals surface area contributed by atoms with Gasteiger partial charge in [-0.3, -0.25) is 0 Å². The van der Waals surface area contributed by atoms with Gasteiger partial charge in [0.05, 0.1) is 12.7 Å². The van der Waals surface area contributed by atoms with E-state index in [4.69, 9.17) is 14.9 Å². The number of hydrogen-bond donors (Lipinski definition) is 2. The summed E-state index contributed by atoms with van der Waals surface area (Å²) in [4.78, 5) is 10.5. The Balaban J connectivity index is 2.51. The molecule has 0 aromatic heterocycles. The number of hydrogen-bond acceptors (Lipinski definition) is 3. The third kappa shape index (κ3) is 1.70. The molecule has 1 heterocycles. The Labute approximate surface area is 64.8 Å². The van der Waals surface area contributed by atoms with Gasteiger partial charge in [-0.25, -0.2) is 4.79 Å². The minimum absolute atomic E-state index is 0.00431. The van der Waals surface area contributed by atoms with E-state index >= 15 is 0 Å². The van der Waals surface area contributed by atoms with Crippen LogP contribution in [-0.4, -0.2) is 35.0 Å². The summed E-state index contributed by atoms with van der Waals surface area (Å²) in [5.74, 6) is -0.932. The average molecular weight is 160 g/mol. The molecule has 3 unspecified atom stereocenters. The first-order valence-electron chi connectivity index (χ1n) is 3.64. The molecule has 1 saturated heterocycles. The fourth-order valence-electron chi connectivity index (χ4n) is 1.35. The Morgan fingerprint density at radius 1 is 1.73 bits per heavy atom. The van der Waals surface area contributed by atoms with Gasteiger partial charge in [0.15, 0.2) is 6.10 Å². The lowest BCUT2D eigenvalue weighted by Crippen LogP contribution is -2.25. The topological polar surface area (TPSA) is 66.8 Å². The van der Waals surface area contributed by atoms with Crippen LogP contribution >= 0.6 is 0 Å². The van der Waals surface area contributed by atoms with Gasteiger partial charge in [0.1, 0.15) is 0 Å². The van der Waals surface area contributed by atoms with Crippen molar-refractivity contribution in [2.75, 3.05) is 6.61 Å². The fraction of sp³-hybridized carbons (Fsp3) is 0.857. The largest absolute Gasteiger partial charge is 0.479 e. The Kier molecular flexibility index (Phi) is 2.46. The zero-order valence-electron chi connectivity index (χ0n) is 6.36. The van der Waals surface area contributed by atoms with Crippen LogP contribution in [0.2, 0.25) is 0 Å². The fourth-order valence-corrected chi connectivity index (χ4v) is 1.35. The lowest BCUT2D eigenvalue weighted by Gasteiger charge is -2.08. The summed E-state index contributed by atoms with van der Waals surface area (Å²) in [6.45, 7) is 1.72. The predicted octanol–water partition coefficient (Wildman–Crippen LogP) is -0.143. The lowest BCUT2D eigenvalue weighted by atomic mass is 10.0. The third-order valence-corrected chi connectivity index (χ3v) is 1.94. The first-order chi connectivity index (χ1) is 5.15. The zero-order chi connectivity index (χ0) is 8.43. The first kappa shape index (κ1) is 8.49. The molecule has 3 atom stereocenters. The highest BCUT2D eigenvalue weighted by molar-refractivity contribution is 5.73. The summed E-state index contributed by atoms with van der Waals surface area (Å²) in [6.07, 6.45) is -0.383. The Hall–Kier alpha value is -0.610. The van der Waals surface area contributed by atoms with Gasteiger partial charge in [-0.1, -0.05) is 6.92 Å². The van der Waals surface area contributed by atoms with Crippen molar-refractivity contribution < 1.29 is 19.7 Å². The molecule has 11 heavy (non-hydrogen) atoms. The van der Waals surface area contributed by atoms with E-state index in [0.717, 1.165) is 0 Å². The van der Waals surface area contributed by atoms with Crippen molar-refractivity contribution >= 4 is 5.97 Å². The molecule has 64 valence electrons. The number of carboxylic acid groups (broad SMARTS) is 1. The van der Waals surface area contributed by atoms with Crippen molar-refractivity contribution in [3.05, 3.63) is 0 Å². The number of carbonyl (C=O) groups is 1. The van der Waals surface area contributed by atoms with E-state index in [1.165, 1.54) is 0 Å². The van der Waals surface area contributed by atoms with Gasteiger partial charge in [0, 0.05) is 0 Å². The molecular weight excluding hydrogens is 148 g/mol. The van der Waals surface area contributed by atoms with Gasteiger partial charge >= 0.3 is 5.97 Å². The van der Waals surface area contributed by atoms with Crippen molar-refractivity contribution in [3.8, 4) is 0 Å². The highest BCUT2D eigenvalue weighted by atomic mass is 16.5. The molecule has 1 aliphatic heterocycles. The molecule has 2 N–H and O–H groups in total. The summed E-state index contributed by atoms with van der Waals surface area (Å²) >= 11 is 0. The molecule has 0 saturated carbocycles. The first-order valence-corrected chi connectivity index (χ1v) is 3.64. The molecule has 1 aliphatic rings. The second kappa shape index (κ2) is 3.19. The van der Waals surface area contributed by atoms with Gasteiger partial charge in [0.25, 0.3) is 0 Å². The second-order valence-electron chi connectivity index (χ2n) is 2.91. The number of aliphatic hydroxyl groups excluding tert-OH is 1. The summed E-state index contributed by atoms with van der Waals surface area (Å²) in [7, 11) is 0. The van der Waals surface area contributed by atoms with E-state index in [0.29, 0.717) is 6.42 Å². The molecule has 4 nitrogen and oxygen atoms in total. The van der Waals surface area contributed by atoms with E-state index in [1.54, 1.807) is 0 Å². The lowest BCUT2D eigenvalue weighted by molar-refractivity contribution is -0.151. The van der Waals surface area contributed by atoms with Crippen molar-refractivity contribution in [1.29, 1.82) is 0 Å². The number of aliphatic carboxylic acids is 1. The van der Waals surface area contributed by atoms with E-state index in [1.807, 2.05) is 6.92 Å². The maximum absolute atomic E-state index is 10.5. The predicted molar refractivity (Wildman–Crippen MR) is 37.2 cm³/mol. The van der Waals surface area contributed by atoms with Crippen LogP contribution in [0.1, 0.15) is 13.3 Å². The number of rotatable bonds is 2. The molecule has 0 radical (unpaired) electrons. The van der Waals surface area contributed by atoms with Crippen LogP contribution in [0.15, 0.2) is 0 Å². The van der Waals surface area contributed by atoms with E-state index in [-0.39, 0.29) is 18.6 Å². The minimum Gasteiger partial charge on any atom is -0.479 e. The summed E-state index contributed by atoms with van der Waals surface area (Å²) < 4.78 is 5.03. The number of aliphatic hydroxyl groups is 1. The van der Waals surface area contributed by atoms with Gasteiger partial charge in [-0.15, -0.1) is 0 Å². The second-order valence-corrected chi connectivity index (χ2v) is 2.91. The monoisotopic (exact) mass is 160 g/mol. The van der Waals surface area contributed by atoms with Crippen LogP contribution in [0, 0.1) is 5.92 Å². The van der Waals surface area contributed by atoms with Crippen molar-refractivity contribution in [1.82, 2.24) is 0 Å². The molecule has 0 spiro atoms. The highest BCUT2D eigenvalue weighted by Crippen LogP contribution is 2.25. The molecule has 0 aliphatic carbocycles. The summed E-state index contributed by atoms with van der Waals surface area (Å²) in [5, 5.41) is 17.3. The van der Waals surface area contributed by atoms with Gasteiger partial charge in [-0.2, -0.15) is 0 Å².